The van der Waals surface area contributed by atoms with E-state index >= 15 is 0 Å². The van der Waals surface area contributed by atoms with Gasteiger partial charge >= 0.3 is 0 Å². The van der Waals surface area contributed by atoms with Crippen LogP contribution in [0.25, 0.3) is 5.52 Å². The molecule has 1 aromatic carbocycles. The maximum absolute atomic E-state index is 13.2. The van der Waals surface area contributed by atoms with E-state index in [1.807, 2.05) is 0 Å². The molecule has 0 fully saturated rings. The van der Waals surface area contributed by atoms with Gasteiger partial charge in [0.15, 0.2) is 5.78 Å². The Balaban J connectivity index is 2.01. The number of aliphatic hydroxyl groups is 1. The molecule has 0 unspecified atom stereocenters. The lowest BCUT2D eigenvalue weighted by Crippen LogP contribution is -2.46. The third-order valence-electron chi connectivity index (χ3n) is 4.78. The first kappa shape index (κ1) is 17.2. The minimum atomic E-state index is -0.868. The number of aliphatic hydroxyl groups excluding tert-OH is 1. The third kappa shape index (κ3) is 2.49. The van der Waals surface area contributed by atoms with Gasteiger partial charge in [0.1, 0.15) is 5.69 Å². The minimum Gasteiger partial charge on any atom is -0.394 e. The number of pyridine rings is 1. The van der Waals surface area contributed by atoms with Gasteiger partial charge in [-0.15, -0.1) is 0 Å². The second kappa shape index (κ2) is 5.89. The van der Waals surface area contributed by atoms with Gasteiger partial charge < -0.3 is 14.8 Å². The lowest BCUT2D eigenvalue weighted by molar-refractivity contribution is 0.0864. The molecule has 0 atom stereocenters. The average molecular weight is 362 g/mol. The Kier molecular flexibility index (Phi) is 3.75. The van der Waals surface area contributed by atoms with Crippen molar-refractivity contribution in [1.29, 1.82) is 0 Å². The standard InChI is InChI=1S/C21H18N2O4/c1-21(2,11-24)22-20(27)15-14-9-5-6-10-23(14)17-16(15)18(25)12-7-3-4-8-13(12)19(17)26/h3-10,24H,11H2,1-2H3,(H,22,27). The number of rotatable bonds is 3. The number of aromatic nitrogens is 1. The van der Waals surface area contributed by atoms with Gasteiger partial charge in [-0.2, -0.15) is 0 Å². The van der Waals surface area contributed by atoms with Crippen LogP contribution in [0.5, 0.6) is 0 Å². The highest BCUT2D eigenvalue weighted by atomic mass is 16.3. The Morgan fingerprint density at radius 3 is 2.33 bits per heavy atom. The number of nitrogens with one attached hydrogen (secondary N) is 1. The number of carbonyl (C=O) groups is 3. The molecule has 136 valence electrons. The van der Waals surface area contributed by atoms with Crippen molar-refractivity contribution in [3.8, 4) is 0 Å². The van der Waals surface area contributed by atoms with Gasteiger partial charge in [0.2, 0.25) is 5.78 Å². The van der Waals surface area contributed by atoms with Crippen LogP contribution in [-0.2, 0) is 0 Å². The number of hydrogen-bond acceptors (Lipinski definition) is 4. The van der Waals surface area contributed by atoms with Gasteiger partial charge in [-0.05, 0) is 26.0 Å². The fourth-order valence-electron chi connectivity index (χ4n) is 3.43. The second-order valence-corrected chi connectivity index (χ2v) is 7.25. The third-order valence-corrected chi connectivity index (χ3v) is 4.78. The lowest BCUT2D eigenvalue weighted by atomic mass is 9.86. The van der Waals surface area contributed by atoms with E-state index in [2.05, 4.69) is 5.32 Å². The van der Waals surface area contributed by atoms with Crippen molar-refractivity contribution < 1.29 is 19.5 Å². The van der Waals surface area contributed by atoms with E-state index in [-0.39, 0.29) is 35.0 Å². The van der Waals surface area contributed by atoms with Gasteiger partial charge in [0.25, 0.3) is 5.91 Å². The maximum Gasteiger partial charge on any atom is 0.254 e. The fraction of sp³-hybridized carbons (Fsp3) is 0.190. The van der Waals surface area contributed by atoms with Gasteiger partial charge in [-0.1, -0.05) is 30.3 Å². The summed E-state index contributed by atoms with van der Waals surface area (Å²) in [5.74, 6) is -1.14. The van der Waals surface area contributed by atoms with E-state index in [0.717, 1.165) is 0 Å². The number of fused-ring (bicyclic) bond motifs is 4. The van der Waals surface area contributed by atoms with Crippen LogP contribution in [0, 0.1) is 0 Å². The summed E-state index contributed by atoms with van der Waals surface area (Å²) in [5.41, 5.74) is 0.690. The normalized spacial score (nSPS) is 13.4. The molecule has 0 radical (unpaired) electrons. The van der Waals surface area contributed by atoms with Crippen LogP contribution >= 0.6 is 0 Å². The van der Waals surface area contributed by atoms with Crippen LogP contribution < -0.4 is 5.32 Å². The van der Waals surface area contributed by atoms with Crippen molar-refractivity contribution in [3.63, 3.8) is 0 Å². The zero-order chi connectivity index (χ0) is 19.3. The van der Waals surface area contributed by atoms with Crippen molar-refractivity contribution >= 4 is 23.0 Å². The van der Waals surface area contributed by atoms with Crippen molar-refractivity contribution in [2.24, 2.45) is 0 Å². The van der Waals surface area contributed by atoms with E-state index in [4.69, 9.17) is 0 Å². The molecule has 2 heterocycles. The molecule has 2 N–H and O–H groups in total. The van der Waals surface area contributed by atoms with Crippen LogP contribution in [-0.4, -0.2) is 39.1 Å². The predicted molar refractivity (Wildman–Crippen MR) is 99.3 cm³/mol. The summed E-state index contributed by atoms with van der Waals surface area (Å²) in [5, 5.41) is 12.2. The Labute approximate surface area is 155 Å². The molecule has 1 aliphatic rings. The number of carbonyl (C=O) groups excluding carboxylic acids is 3. The van der Waals surface area contributed by atoms with Crippen LogP contribution in [0.2, 0.25) is 0 Å². The van der Waals surface area contributed by atoms with Gasteiger partial charge in [0, 0.05) is 17.3 Å². The highest BCUT2D eigenvalue weighted by Gasteiger charge is 2.38. The van der Waals surface area contributed by atoms with Crippen molar-refractivity contribution in [2.45, 2.75) is 19.4 Å². The zero-order valence-corrected chi connectivity index (χ0v) is 14.9. The van der Waals surface area contributed by atoms with Gasteiger partial charge in [-0.25, -0.2) is 0 Å². The van der Waals surface area contributed by atoms with Crippen LogP contribution in [0.4, 0.5) is 0 Å². The van der Waals surface area contributed by atoms with E-state index < -0.39 is 11.4 Å². The first-order valence-corrected chi connectivity index (χ1v) is 8.60. The van der Waals surface area contributed by atoms with Crippen LogP contribution in [0.3, 0.4) is 0 Å². The quantitative estimate of drug-likeness (QED) is 0.585. The fourth-order valence-corrected chi connectivity index (χ4v) is 3.43. The van der Waals surface area contributed by atoms with E-state index in [1.54, 1.807) is 66.9 Å². The molecular formula is C21H18N2O4. The summed E-state index contributed by atoms with van der Waals surface area (Å²) in [6.45, 7) is 3.10. The molecular weight excluding hydrogens is 344 g/mol. The summed E-state index contributed by atoms with van der Waals surface area (Å²) in [4.78, 5) is 39.3. The average Bonchev–Trinajstić information content (AvgIpc) is 3.01. The molecule has 1 amide bonds. The minimum absolute atomic E-state index is 0.108. The topological polar surface area (TPSA) is 87.9 Å². The van der Waals surface area contributed by atoms with E-state index in [0.29, 0.717) is 16.6 Å². The number of nitrogens with zero attached hydrogens (tertiary/aromatic N) is 1. The number of amides is 1. The van der Waals surface area contributed by atoms with E-state index in [9.17, 15) is 19.5 Å². The molecule has 0 saturated heterocycles. The summed E-state index contributed by atoms with van der Waals surface area (Å²) in [6.07, 6.45) is 1.67. The number of benzene rings is 1. The molecule has 2 aromatic heterocycles. The molecule has 27 heavy (non-hydrogen) atoms. The first-order valence-electron chi connectivity index (χ1n) is 8.60. The number of ketones is 2. The molecule has 6 nitrogen and oxygen atoms in total. The second-order valence-electron chi connectivity index (χ2n) is 7.25. The van der Waals surface area contributed by atoms with Crippen molar-refractivity contribution in [1.82, 2.24) is 9.72 Å². The predicted octanol–water partition coefficient (Wildman–Crippen LogP) is 2.22. The Bertz CT molecular complexity index is 1120. The summed E-state index contributed by atoms with van der Waals surface area (Å²) in [7, 11) is 0. The molecule has 6 heteroatoms. The Morgan fingerprint density at radius 2 is 1.67 bits per heavy atom. The Morgan fingerprint density at radius 1 is 1.04 bits per heavy atom. The van der Waals surface area contributed by atoms with Crippen LogP contribution in [0.15, 0.2) is 48.7 Å². The van der Waals surface area contributed by atoms with Crippen LogP contribution in [0.1, 0.15) is 56.2 Å². The molecule has 0 bridgehead atoms. The molecule has 1 aliphatic carbocycles. The maximum atomic E-state index is 13.2. The first-order chi connectivity index (χ1) is 12.9. The van der Waals surface area contributed by atoms with Gasteiger partial charge in [0.05, 0.1) is 28.8 Å². The lowest BCUT2D eigenvalue weighted by Gasteiger charge is -2.24. The molecule has 0 spiro atoms. The van der Waals surface area contributed by atoms with Crippen molar-refractivity contribution in [3.05, 3.63) is 76.6 Å². The highest BCUT2D eigenvalue weighted by molar-refractivity contribution is 6.32. The number of hydrogen-bond donors (Lipinski definition) is 2. The molecule has 4 rings (SSSR count). The van der Waals surface area contributed by atoms with Crippen molar-refractivity contribution in [2.75, 3.05) is 6.61 Å². The largest absolute Gasteiger partial charge is 0.394 e. The molecule has 3 aromatic rings. The summed E-state index contributed by atoms with van der Waals surface area (Å²) >= 11 is 0. The monoisotopic (exact) mass is 362 g/mol. The van der Waals surface area contributed by atoms with Gasteiger partial charge in [-0.3, -0.25) is 14.4 Å². The zero-order valence-electron chi connectivity index (χ0n) is 14.9. The highest BCUT2D eigenvalue weighted by Crippen LogP contribution is 2.33. The molecule has 0 saturated carbocycles. The SMILES string of the molecule is CC(C)(CO)NC(=O)c1c2c(n3ccccc13)C(=O)c1ccccc1C2=O. The summed E-state index contributed by atoms with van der Waals surface area (Å²) in [6, 6.07) is 11.8. The molecule has 0 aliphatic heterocycles. The Hall–Kier alpha value is -3.25. The summed E-state index contributed by atoms with van der Waals surface area (Å²) < 4.78 is 1.59. The smallest absolute Gasteiger partial charge is 0.254 e. The van der Waals surface area contributed by atoms with E-state index in [1.165, 1.54) is 0 Å².